The van der Waals surface area contributed by atoms with Gasteiger partial charge in [-0.05, 0) is 12.5 Å². The minimum atomic E-state index is -0.444. The Morgan fingerprint density at radius 1 is 1.35 bits per heavy atom. The van der Waals surface area contributed by atoms with E-state index in [4.69, 9.17) is 4.74 Å². The van der Waals surface area contributed by atoms with Crippen LogP contribution in [0.25, 0.3) is 0 Å². The number of nitrogens with one attached hydrogen (secondary N) is 1. The van der Waals surface area contributed by atoms with Crippen molar-refractivity contribution in [2.75, 3.05) is 36.6 Å². The number of ether oxygens (including phenoxy) is 1. The van der Waals surface area contributed by atoms with Crippen LogP contribution in [0.15, 0.2) is 35.6 Å². The summed E-state index contributed by atoms with van der Waals surface area (Å²) in [6.07, 6.45) is 2.83. The van der Waals surface area contributed by atoms with Crippen molar-refractivity contribution in [1.82, 2.24) is 9.97 Å². The van der Waals surface area contributed by atoms with E-state index in [1.807, 2.05) is 36.1 Å². The van der Waals surface area contributed by atoms with Crippen LogP contribution in [0.5, 0.6) is 0 Å². The molecule has 0 aliphatic carbocycles. The molecule has 0 spiro atoms. The average Bonchev–Trinajstić information content (AvgIpc) is 2.57. The van der Waals surface area contributed by atoms with Crippen molar-refractivity contribution in [1.29, 1.82) is 0 Å². The fourth-order valence-electron chi connectivity index (χ4n) is 2.32. The van der Waals surface area contributed by atoms with Crippen LogP contribution in [-0.4, -0.2) is 42.5 Å². The van der Waals surface area contributed by atoms with Gasteiger partial charge in [0.25, 0.3) is 0 Å². The third-order valence-electron chi connectivity index (χ3n) is 3.46. The number of morpholine rings is 1. The highest BCUT2D eigenvalue weighted by Gasteiger charge is 2.17. The smallest absolute Gasteiger partial charge is 0.245 e. The number of hydrogen-bond acceptors (Lipinski definition) is 6. The zero-order valence-corrected chi connectivity index (χ0v) is 12.9. The third-order valence-corrected chi connectivity index (χ3v) is 3.46. The molecular weight excluding hydrogens is 297 g/mol. The first kappa shape index (κ1) is 15.4. The van der Waals surface area contributed by atoms with Gasteiger partial charge in [0, 0.05) is 13.1 Å². The van der Waals surface area contributed by atoms with E-state index in [0.717, 1.165) is 17.3 Å². The molecule has 23 heavy (non-hydrogen) atoms. The molecule has 120 valence electrons. The number of rotatable bonds is 4. The summed E-state index contributed by atoms with van der Waals surface area (Å²) in [7, 11) is 0. The Bertz CT molecular complexity index is 701. The zero-order valence-electron chi connectivity index (χ0n) is 12.9. The molecule has 2 aromatic rings. The minimum Gasteiger partial charge on any atom is -0.378 e. The number of halogens is 1. The van der Waals surface area contributed by atoms with Gasteiger partial charge in [-0.15, -0.1) is 0 Å². The van der Waals surface area contributed by atoms with Crippen molar-refractivity contribution < 1.29 is 9.13 Å². The molecule has 1 fully saturated rings. The molecule has 2 heterocycles. The monoisotopic (exact) mass is 315 g/mol. The maximum atomic E-state index is 13.9. The molecule has 0 bridgehead atoms. The lowest BCUT2D eigenvalue weighted by molar-refractivity contribution is 0.122. The Labute approximate surface area is 134 Å². The third kappa shape index (κ3) is 4.01. The Morgan fingerprint density at radius 2 is 2.17 bits per heavy atom. The summed E-state index contributed by atoms with van der Waals surface area (Å²) >= 11 is 0. The van der Waals surface area contributed by atoms with Gasteiger partial charge in [-0.3, -0.25) is 0 Å². The molecule has 0 radical (unpaired) electrons. The molecule has 1 N–H and O–H groups in total. The second kappa shape index (κ2) is 7.15. The second-order valence-corrected chi connectivity index (χ2v) is 5.25. The van der Waals surface area contributed by atoms with Gasteiger partial charge in [-0.25, -0.2) is 14.8 Å². The highest BCUT2D eigenvalue weighted by Crippen LogP contribution is 2.18. The van der Waals surface area contributed by atoms with Gasteiger partial charge in [0.05, 0.1) is 25.6 Å². The SMILES string of the molecule is Cc1cccc(/C=N/Nc2ncc(F)c(N3CCOCC3)n2)c1. The molecule has 7 heteroatoms. The van der Waals surface area contributed by atoms with Crippen molar-refractivity contribution in [2.24, 2.45) is 5.10 Å². The molecule has 6 nitrogen and oxygen atoms in total. The van der Waals surface area contributed by atoms with E-state index in [-0.39, 0.29) is 11.8 Å². The van der Waals surface area contributed by atoms with E-state index in [0.29, 0.717) is 26.3 Å². The van der Waals surface area contributed by atoms with Gasteiger partial charge in [0.15, 0.2) is 11.6 Å². The first-order chi connectivity index (χ1) is 11.2. The van der Waals surface area contributed by atoms with E-state index in [1.54, 1.807) is 6.21 Å². The summed E-state index contributed by atoms with van der Waals surface area (Å²) in [5.74, 6) is 0.0912. The lowest BCUT2D eigenvalue weighted by atomic mass is 10.2. The maximum Gasteiger partial charge on any atom is 0.245 e. The van der Waals surface area contributed by atoms with E-state index in [2.05, 4.69) is 20.5 Å². The van der Waals surface area contributed by atoms with Crippen LogP contribution in [0.4, 0.5) is 16.2 Å². The largest absolute Gasteiger partial charge is 0.378 e. The average molecular weight is 315 g/mol. The molecule has 3 rings (SSSR count). The van der Waals surface area contributed by atoms with Crippen molar-refractivity contribution in [3.8, 4) is 0 Å². The first-order valence-electron chi connectivity index (χ1n) is 7.43. The fraction of sp³-hybridized carbons (Fsp3) is 0.312. The number of hydrogen-bond donors (Lipinski definition) is 1. The van der Waals surface area contributed by atoms with Gasteiger partial charge in [0.1, 0.15) is 0 Å². The summed E-state index contributed by atoms with van der Waals surface area (Å²) in [5, 5.41) is 4.10. The summed E-state index contributed by atoms with van der Waals surface area (Å²) in [6.45, 7) is 4.37. The van der Waals surface area contributed by atoms with Gasteiger partial charge < -0.3 is 9.64 Å². The van der Waals surface area contributed by atoms with Gasteiger partial charge in [-0.2, -0.15) is 10.1 Å². The van der Waals surface area contributed by atoms with Crippen molar-refractivity contribution >= 4 is 18.0 Å². The molecule has 1 aromatic heterocycles. The van der Waals surface area contributed by atoms with Crippen LogP contribution >= 0.6 is 0 Å². The fourth-order valence-corrected chi connectivity index (χ4v) is 2.32. The molecule has 1 aliphatic heterocycles. The molecule has 1 aromatic carbocycles. The van der Waals surface area contributed by atoms with E-state index >= 15 is 0 Å². The van der Waals surface area contributed by atoms with Gasteiger partial charge in [0.2, 0.25) is 5.95 Å². The van der Waals surface area contributed by atoms with Crippen molar-refractivity contribution in [3.63, 3.8) is 0 Å². The molecule has 0 unspecified atom stereocenters. The zero-order chi connectivity index (χ0) is 16.1. The molecular formula is C16H18FN5O. The quantitative estimate of drug-likeness (QED) is 0.692. The first-order valence-corrected chi connectivity index (χ1v) is 7.43. The van der Waals surface area contributed by atoms with Crippen LogP contribution in [-0.2, 0) is 4.74 Å². The van der Waals surface area contributed by atoms with Crippen molar-refractivity contribution in [3.05, 3.63) is 47.4 Å². The molecule has 0 atom stereocenters. The Balaban J connectivity index is 1.70. The number of benzene rings is 1. The maximum absolute atomic E-state index is 13.9. The number of anilines is 2. The highest BCUT2D eigenvalue weighted by molar-refractivity contribution is 5.80. The van der Waals surface area contributed by atoms with Crippen LogP contribution in [0.2, 0.25) is 0 Å². The lowest BCUT2D eigenvalue weighted by Gasteiger charge is -2.27. The summed E-state index contributed by atoms with van der Waals surface area (Å²) < 4.78 is 19.2. The predicted molar refractivity (Wildman–Crippen MR) is 87.4 cm³/mol. The summed E-state index contributed by atoms with van der Waals surface area (Å²) in [4.78, 5) is 9.96. The van der Waals surface area contributed by atoms with Gasteiger partial charge >= 0.3 is 0 Å². The van der Waals surface area contributed by atoms with E-state index < -0.39 is 5.82 Å². The summed E-state index contributed by atoms with van der Waals surface area (Å²) in [6, 6.07) is 7.93. The van der Waals surface area contributed by atoms with Crippen LogP contribution in [0, 0.1) is 12.7 Å². The van der Waals surface area contributed by atoms with Crippen LogP contribution in [0.3, 0.4) is 0 Å². The van der Waals surface area contributed by atoms with Gasteiger partial charge in [-0.1, -0.05) is 29.8 Å². The molecule has 1 saturated heterocycles. The molecule has 1 aliphatic rings. The van der Waals surface area contributed by atoms with Crippen LogP contribution < -0.4 is 10.3 Å². The summed E-state index contributed by atoms with van der Waals surface area (Å²) in [5.41, 5.74) is 4.86. The number of aromatic nitrogens is 2. The minimum absolute atomic E-state index is 0.261. The van der Waals surface area contributed by atoms with E-state index in [1.165, 1.54) is 0 Å². The molecule has 0 amide bonds. The molecule has 0 saturated carbocycles. The Morgan fingerprint density at radius 3 is 2.96 bits per heavy atom. The Kier molecular flexibility index (Phi) is 4.77. The van der Waals surface area contributed by atoms with E-state index in [9.17, 15) is 4.39 Å². The second-order valence-electron chi connectivity index (χ2n) is 5.25. The standard InChI is InChI=1S/C16H18FN5O/c1-12-3-2-4-13(9-12)10-19-21-16-18-11-14(17)15(20-16)22-5-7-23-8-6-22/h2-4,9-11H,5-8H2,1H3,(H,18,20,21)/b19-10+. The number of hydrazone groups is 1. The van der Waals surface area contributed by atoms with Crippen LogP contribution in [0.1, 0.15) is 11.1 Å². The van der Waals surface area contributed by atoms with Crippen molar-refractivity contribution in [2.45, 2.75) is 6.92 Å². The topological polar surface area (TPSA) is 62.6 Å². The highest BCUT2D eigenvalue weighted by atomic mass is 19.1. The number of aryl methyl sites for hydroxylation is 1. The predicted octanol–water partition coefficient (Wildman–Crippen LogP) is 2.21. The number of nitrogens with zero attached hydrogens (tertiary/aromatic N) is 4. The Hall–Kier alpha value is -2.54. The lowest BCUT2D eigenvalue weighted by Crippen LogP contribution is -2.37. The normalized spacial score (nSPS) is 15.1.